The summed E-state index contributed by atoms with van der Waals surface area (Å²) in [5.74, 6) is 1.45. The highest BCUT2D eigenvalue weighted by molar-refractivity contribution is 5.91. The maximum absolute atomic E-state index is 12.7. The number of esters is 1. The third-order valence-corrected chi connectivity index (χ3v) is 8.25. The Morgan fingerprint density at radius 1 is 1.03 bits per heavy atom. The number of methoxy groups -OCH3 is 1. The molecule has 0 N–H and O–H groups in total. The van der Waals surface area contributed by atoms with E-state index in [0.29, 0.717) is 11.5 Å². The van der Waals surface area contributed by atoms with Crippen LogP contribution in [0.3, 0.4) is 0 Å². The van der Waals surface area contributed by atoms with E-state index >= 15 is 0 Å². The summed E-state index contributed by atoms with van der Waals surface area (Å²) in [7, 11) is 3.27. The molecule has 0 bridgehead atoms. The Bertz CT molecular complexity index is 1470. The van der Waals surface area contributed by atoms with E-state index in [-0.39, 0.29) is 23.9 Å². The van der Waals surface area contributed by atoms with Crippen molar-refractivity contribution in [3.63, 3.8) is 0 Å². The molecule has 0 radical (unpaired) electrons. The molecule has 2 heterocycles. The van der Waals surface area contributed by atoms with Gasteiger partial charge in [-0.1, -0.05) is 48.7 Å². The van der Waals surface area contributed by atoms with E-state index in [2.05, 4.69) is 52.7 Å². The quantitative estimate of drug-likeness (QED) is 0.260. The van der Waals surface area contributed by atoms with Crippen LogP contribution in [0.4, 0.5) is 0 Å². The first-order valence-corrected chi connectivity index (χ1v) is 13.9. The molecule has 2 fully saturated rings. The number of aryl methyl sites for hydroxylation is 1. The summed E-state index contributed by atoms with van der Waals surface area (Å²) >= 11 is 0. The van der Waals surface area contributed by atoms with Crippen LogP contribution in [0.1, 0.15) is 79.0 Å². The number of carbonyl (C=O) groups excluding carboxylic acids is 1. The number of ether oxygens (including phenoxy) is 2. The fourth-order valence-corrected chi connectivity index (χ4v) is 6.03. The van der Waals surface area contributed by atoms with Crippen molar-refractivity contribution < 1.29 is 14.3 Å². The first kappa shape index (κ1) is 25.3. The molecule has 8 nitrogen and oxygen atoms in total. The summed E-state index contributed by atoms with van der Waals surface area (Å²) in [6.45, 7) is 2.20. The van der Waals surface area contributed by atoms with Crippen molar-refractivity contribution in [2.75, 3.05) is 7.11 Å². The van der Waals surface area contributed by atoms with Crippen molar-refractivity contribution in [3.05, 3.63) is 77.9 Å². The summed E-state index contributed by atoms with van der Waals surface area (Å²) in [5.41, 5.74) is 5.31. The van der Waals surface area contributed by atoms with Crippen molar-refractivity contribution in [1.29, 1.82) is 0 Å². The number of hydrogen-bond donors (Lipinski definition) is 0. The van der Waals surface area contributed by atoms with Gasteiger partial charge in [0, 0.05) is 25.1 Å². The van der Waals surface area contributed by atoms with Crippen LogP contribution < -0.4 is 4.74 Å². The molecular weight excluding hydrogens is 490 g/mol. The average Bonchev–Trinajstić information content (AvgIpc) is 3.42. The summed E-state index contributed by atoms with van der Waals surface area (Å²) in [6, 6.07) is 16.6. The second-order valence-corrected chi connectivity index (χ2v) is 10.9. The maximum Gasteiger partial charge on any atom is 0.341 e. The van der Waals surface area contributed by atoms with Gasteiger partial charge in [-0.15, -0.1) is 5.10 Å². The van der Waals surface area contributed by atoms with Gasteiger partial charge in [-0.2, -0.15) is 5.10 Å². The van der Waals surface area contributed by atoms with Gasteiger partial charge in [-0.25, -0.2) is 9.48 Å². The fraction of sp³-hybridized carbons (Fsp3) is 0.419. The molecule has 6 rings (SSSR count). The average molecular weight is 526 g/mol. The lowest BCUT2D eigenvalue weighted by atomic mass is 9.86. The number of rotatable bonds is 8. The molecular formula is C31H35N5O3. The van der Waals surface area contributed by atoms with Gasteiger partial charge in [-0.3, -0.25) is 4.68 Å². The van der Waals surface area contributed by atoms with E-state index in [1.165, 1.54) is 39.2 Å². The van der Waals surface area contributed by atoms with Gasteiger partial charge in [0.1, 0.15) is 11.3 Å². The van der Waals surface area contributed by atoms with Gasteiger partial charge >= 0.3 is 5.97 Å². The van der Waals surface area contributed by atoms with E-state index in [0.717, 1.165) is 40.4 Å². The molecule has 4 aromatic rings. The SMILES string of the molecule is COC(=O)c1cnn(-c2cccc(-c3cccc(O[C@@H](C)C4CCCCC4)c3)c2)c1[C@H]1C[C@H]1c1cn(C)nn1. The Balaban J connectivity index is 1.29. The van der Waals surface area contributed by atoms with Crippen LogP contribution in [-0.4, -0.2) is 44.0 Å². The molecule has 2 aromatic heterocycles. The predicted molar refractivity (Wildman–Crippen MR) is 148 cm³/mol. The molecule has 202 valence electrons. The van der Waals surface area contributed by atoms with Crippen molar-refractivity contribution in [2.24, 2.45) is 13.0 Å². The summed E-state index contributed by atoms with van der Waals surface area (Å²) in [6.07, 6.45) is 11.1. The van der Waals surface area contributed by atoms with Crippen molar-refractivity contribution in [2.45, 2.75) is 63.4 Å². The first-order chi connectivity index (χ1) is 19.0. The molecule has 2 aromatic carbocycles. The Kier molecular flexibility index (Phi) is 6.94. The topological polar surface area (TPSA) is 84.1 Å². The van der Waals surface area contributed by atoms with Crippen molar-refractivity contribution in [3.8, 4) is 22.6 Å². The minimum Gasteiger partial charge on any atom is -0.490 e. The largest absolute Gasteiger partial charge is 0.490 e. The lowest BCUT2D eigenvalue weighted by Crippen LogP contribution is -2.25. The van der Waals surface area contributed by atoms with E-state index in [9.17, 15) is 4.79 Å². The fourth-order valence-electron chi connectivity index (χ4n) is 6.03. The molecule has 0 amide bonds. The molecule has 2 aliphatic rings. The predicted octanol–water partition coefficient (Wildman–Crippen LogP) is 6.07. The molecule has 0 spiro atoms. The number of hydrogen-bond acceptors (Lipinski definition) is 6. The Hall–Kier alpha value is -3.94. The molecule has 0 aliphatic heterocycles. The highest BCUT2D eigenvalue weighted by Gasteiger charge is 2.46. The molecule has 3 atom stereocenters. The minimum atomic E-state index is -0.380. The van der Waals surface area contributed by atoms with Crippen LogP contribution in [-0.2, 0) is 11.8 Å². The monoisotopic (exact) mass is 525 g/mol. The van der Waals surface area contributed by atoms with Gasteiger partial charge < -0.3 is 9.47 Å². The maximum atomic E-state index is 12.7. The minimum absolute atomic E-state index is 0.111. The first-order valence-electron chi connectivity index (χ1n) is 13.9. The van der Waals surface area contributed by atoms with Gasteiger partial charge in [-0.05, 0) is 67.5 Å². The Morgan fingerprint density at radius 3 is 2.54 bits per heavy atom. The number of carbonyl (C=O) groups is 1. The zero-order valence-electron chi connectivity index (χ0n) is 22.8. The normalized spacial score (nSPS) is 20.0. The summed E-state index contributed by atoms with van der Waals surface area (Å²) < 4.78 is 15.1. The van der Waals surface area contributed by atoms with E-state index < -0.39 is 0 Å². The molecule has 39 heavy (non-hydrogen) atoms. The zero-order chi connectivity index (χ0) is 26.9. The standard InChI is InChI=1S/C31H35N5O3/c1-20(21-9-5-4-6-10-21)39-25-14-8-12-23(16-25)22-11-7-13-24(15-22)36-30(28(18-32-36)31(37)38-3)27-17-26(27)29-19-35(2)34-33-29/h7-8,11-16,18-21,26-27H,4-6,9-10,17H2,1-3H3/t20-,26+,27-/m0/s1. The van der Waals surface area contributed by atoms with Gasteiger partial charge in [0.25, 0.3) is 0 Å². The molecule has 2 aliphatic carbocycles. The smallest absolute Gasteiger partial charge is 0.341 e. The molecule has 0 saturated heterocycles. The molecule has 0 unspecified atom stereocenters. The van der Waals surface area contributed by atoms with E-state index in [4.69, 9.17) is 9.47 Å². The van der Waals surface area contributed by atoms with E-state index in [1.54, 1.807) is 10.9 Å². The highest BCUT2D eigenvalue weighted by atomic mass is 16.5. The van der Waals surface area contributed by atoms with Crippen LogP contribution in [0.25, 0.3) is 16.8 Å². The highest BCUT2D eigenvalue weighted by Crippen LogP contribution is 2.55. The summed E-state index contributed by atoms with van der Waals surface area (Å²) in [4.78, 5) is 12.7. The molecule has 2 saturated carbocycles. The molecule has 8 heteroatoms. The number of aromatic nitrogens is 5. The van der Waals surface area contributed by atoms with Crippen molar-refractivity contribution in [1.82, 2.24) is 24.8 Å². The van der Waals surface area contributed by atoms with Crippen LogP contribution >= 0.6 is 0 Å². The van der Waals surface area contributed by atoms with Gasteiger partial charge in [0.2, 0.25) is 0 Å². The summed E-state index contributed by atoms with van der Waals surface area (Å²) in [5, 5.41) is 13.0. The van der Waals surface area contributed by atoms with E-state index in [1.807, 2.05) is 36.1 Å². The second kappa shape index (κ2) is 10.7. The van der Waals surface area contributed by atoms with Gasteiger partial charge in [0.05, 0.1) is 36.5 Å². The lowest BCUT2D eigenvalue weighted by Gasteiger charge is -2.28. The Morgan fingerprint density at radius 2 is 1.79 bits per heavy atom. The lowest BCUT2D eigenvalue weighted by molar-refractivity contribution is 0.0599. The Labute approximate surface area is 228 Å². The number of benzene rings is 2. The second-order valence-electron chi connectivity index (χ2n) is 10.9. The number of nitrogens with zero attached hydrogens (tertiary/aromatic N) is 5. The van der Waals surface area contributed by atoms with Crippen LogP contribution in [0.15, 0.2) is 60.9 Å². The van der Waals surface area contributed by atoms with Gasteiger partial charge in [0.15, 0.2) is 0 Å². The van der Waals surface area contributed by atoms with Crippen molar-refractivity contribution >= 4 is 5.97 Å². The zero-order valence-corrected chi connectivity index (χ0v) is 22.8. The third-order valence-electron chi connectivity index (χ3n) is 8.25. The van der Waals surface area contributed by atoms with Crippen LogP contribution in [0.2, 0.25) is 0 Å². The third kappa shape index (κ3) is 5.20. The van der Waals surface area contributed by atoms with Crippen LogP contribution in [0.5, 0.6) is 5.75 Å². The van der Waals surface area contributed by atoms with Crippen LogP contribution in [0, 0.1) is 5.92 Å².